The number of anilines is 1. The van der Waals surface area contributed by atoms with Gasteiger partial charge in [-0.3, -0.25) is 0 Å². The number of hydrogen-bond acceptors (Lipinski definition) is 2. The average Bonchev–Trinajstić information content (AvgIpc) is 2.80. The molecule has 2 nitrogen and oxygen atoms in total. The molecule has 2 aromatic rings. The third-order valence-electron chi connectivity index (χ3n) is 3.58. The van der Waals surface area contributed by atoms with Crippen LogP contribution in [0.4, 0.5) is 14.5 Å². The lowest BCUT2D eigenvalue weighted by molar-refractivity contribution is -0.0498. The Morgan fingerprint density at radius 1 is 1.19 bits per heavy atom. The van der Waals surface area contributed by atoms with Crippen LogP contribution in [0.25, 0.3) is 0 Å². The number of hydrogen-bond donors (Lipinski definition) is 1. The highest BCUT2D eigenvalue weighted by Crippen LogP contribution is 2.35. The largest absolute Gasteiger partial charge is 0.435 e. The first-order valence-electron chi connectivity index (χ1n) is 6.71. The quantitative estimate of drug-likeness (QED) is 0.854. The topological polar surface area (TPSA) is 21.3 Å². The van der Waals surface area contributed by atoms with Gasteiger partial charge in [-0.25, -0.2) is 0 Å². The van der Waals surface area contributed by atoms with Gasteiger partial charge in [0.25, 0.3) is 0 Å². The summed E-state index contributed by atoms with van der Waals surface area (Å²) in [5, 5.41) is 4.10. The Labute approximate surface area is 126 Å². The van der Waals surface area contributed by atoms with Crippen LogP contribution in [0.15, 0.2) is 42.5 Å². The summed E-state index contributed by atoms with van der Waals surface area (Å²) in [6.45, 7) is -2.81. The van der Waals surface area contributed by atoms with Crippen molar-refractivity contribution >= 4 is 17.3 Å². The lowest BCUT2D eigenvalue weighted by Crippen LogP contribution is -2.07. The van der Waals surface area contributed by atoms with Crippen molar-refractivity contribution in [3.05, 3.63) is 58.6 Å². The summed E-state index contributed by atoms with van der Waals surface area (Å²) in [6.07, 6.45) is 1.91. The molecule has 1 N–H and O–H groups in total. The molecule has 0 bridgehead atoms. The first-order valence-corrected chi connectivity index (χ1v) is 7.09. The van der Waals surface area contributed by atoms with Gasteiger partial charge in [0.1, 0.15) is 5.75 Å². The van der Waals surface area contributed by atoms with E-state index in [1.165, 1.54) is 17.2 Å². The lowest BCUT2D eigenvalue weighted by atomic mass is 10.1. The maximum absolute atomic E-state index is 12.2. The monoisotopic (exact) mass is 309 g/mol. The van der Waals surface area contributed by atoms with Crippen LogP contribution in [0.1, 0.15) is 23.6 Å². The van der Waals surface area contributed by atoms with Gasteiger partial charge < -0.3 is 10.1 Å². The summed E-state index contributed by atoms with van der Waals surface area (Å²) < 4.78 is 28.9. The number of benzene rings is 2. The fourth-order valence-corrected chi connectivity index (χ4v) is 2.89. The van der Waals surface area contributed by atoms with E-state index in [1.54, 1.807) is 12.1 Å². The van der Waals surface area contributed by atoms with Crippen molar-refractivity contribution in [3.8, 4) is 5.75 Å². The van der Waals surface area contributed by atoms with Gasteiger partial charge in [0.15, 0.2) is 0 Å². The number of alkyl halides is 2. The van der Waals surface area contributed by atoms with E-state index in [0.29, 0.717) is 0 Å². The van der Waals surface area contributed by atoms with Gasteiger partial charge in [0.2, 0.25) is 0 Å². The smallest absolute Gasteiger partial charge is 0.387 e. The summed E-state index contributed by atoms with van der Waals surface area (Å²) in [6, 6.07) is 12.7. The normalized spacial score (nSPS) is 16.9. The molecule has 0 aliphatic heterocycles. The first kappa shape index (κ1) is 14.1. The maximum Gasteiger partial charge on any atom is 0.387 e. The van der Waals surface area contributed by atoms with E-state index in [9.17, 15) is 8.78 Å². The zero-order valence-electron chi connectivity index (χ0n) is 11.2. The van der Waals surface area contributed by atoms with Crippen LogP contribution in [0.2, 0.25) is 5.02 Å². The Morgan fingerprint density at radius 2 is 2.05 bits per heavy atom. The molecule has 0 spiro atoms. The molecule has 0 amide bonds. The standard InChI is InChI=1S/C16H14ClF2NO/c17-11-5-6-14-10(8-11)4-7-15(14)20-12-2-1-3-13(9-12)21-16(18)19/h1-3,5-6,8-9,15-16,20H,4,7H2. The van der Waals surface area contributed by atoms with Crippen LogP contribution < -0.4 is 10.1 Å². The van der Waals surface area contributed by atoms with Crippen LogP contribution in [0, 0.1) is 0 Å². The van der Waals surface area contributed by atoms with Crippen LogP contribution in [0.3, 0.4) is 0 Å². The molecule has 21 heavy (non-hydrogen) atoms. The predicted molar refractivity (Wildman–Crippen MR) is 79.2 cm³/mol. The molecule has 2 aromatic carbocycles. The molecule has 1 aliphatic carbocycles. The highest BCUT2D eigenvalue weighted by Gasteiger charge is 2.22. The first-order chi connectivity index (χ1) is 10.1. The van der Waals surface area contributed by atoms with Crippen molar-refractivity contribution in [2.75, 3.05) is 5.32 Å². The fourth-order valence-electron chi connectivity index (χ4n) is 2.70. The van der Waals surface area contributed by atoms with Gasteiger partial charge in [-0.05, 0) is 48.2 Å². The molecule has 1 atom stereocenters. The van der Waals surface area contributed by atoms with E-state index < -0.39 is 6.61 Å². The van der Waals surface area contributed by atoms with E-state index in [0.717, 1.165) is 23.6 Å². The van der Waals surface area contributed by atoms with Crippen molar-refractivity contribution in [2.24, 2.45) is 0 Å². The molecule has 3 rings (SSSR count). The predicted octanol–water partition coefficient (Wildman–Crippen LogP) is 5.04. The van der Waals surface area contributed by atoms with E-state index in [1.807, 2.05) is 24.3 Å². The van der Waals surface area contributed by atoms with Gasteiger partial charge >= 0.3 is 6.61 Å². The maximum atomic E-state index is 12.2. The van der Waals surface area contributed by atoms with Crippen molar-refractivity contribution in [2.45, 2.75) is 25.5 Å². The van der Waals surface area contributed by atoms with Gasteiger partial charge in [0, 0.05) is 16.8 Å². The SMILES string of the molecule is FC(F)Oc1cccc(NC2CCc3cc(Cl)ccc32)c1. The molecule has 0 heterocycles. The van der Waals surface area contributed by atoms with Crippen LogP contribution >= 0.6 is 11.6 Å². The van der Waals surface area contributed by atoms with Gasteiger partial charge in [-0.2, -0.15) is 8.78 Å². The minimum atomic E-state index is -2.81. The van der Waals surface area contributed by atoms with Gasteiger partial charge in [-0.1, -0.05) is 23.7 Å². The lowest BCUT2D eigenvalue weighted by Gasteiger charge is -2.16. The second kappa shape index (κ2) is 5.90. The molecule has 0 fully saturated rings. The molecule has 110 valence electrons. The van der Waals surface area contributed by atoms with Gasteiger partial charge in [-0.15, -0.1) is 0 Å². The number of nitrogens with one attached hydrogen (secondary N) is 1. The average molecular weight is 310 g/mol. The third-order valence-corrected chi connectivity index (χ3v) is 3.82. The third kappa shape index (κ3) is 3.27. The van der Waals surface area contributed by atoms with Gasteiger partial charge in [0.05, 0.1) is 6.04 Å². The number of ether oxygens (including phenoxy) is 1. The molecule has 1 unspecified atom stereocenters. The Balaban J connectivity index is 1.77. The van der Waals surface area contributed by atoms with E-state index in [4.69, 9.17) is 11.6 Å². The van der Waals surface area contributed by atoms with Crippen LogP contribution in [-0.2, 0) is 6.42 Å². The molecule has 0 saturated carbocycles. The molecular weight excluding hydrogens is 296 g/mol. The molecule has 0 aromatic heterocycles. The second-order valence-electron chi connectivity index (χ2n) is 4.99. The Morgan fingerprint density at radius 3 is 2.86 bits per heavy atom. The molecule has 1 aliphatic rings. The minimum Gasteiger partial charge on any atom is -0.435 e. The highest BCUT2D eigenvalue weighted by atomic mass is 35.5. The van der Waals surface area contributed by atoms with E-state index in [-0.39, 0.29) is 11.8 Å². The Bertz CT molecular complexity index is 648. The second-order valence-corrected chi connectivity index (χ2v) is 5.42. The van der Waals surface area contributed by atoms with Crippen molar-refractivity contribution in [3.63, 3.8) is 0 Å². The summed E-state index contributed by atoms with van der Waals surface area (Å²) >= 11 is 5.99. The Kier molecular flexibility index (Phi) is 3.97. The van der Waals surface area contributed by atoms with Crippen molar-refractivity contribution < 1.29 is 13.5 Å². The van der Waals surface area contributed by atoms with E-state index >= 15 is 0 Å². The molecule has 0 saturated heterocycles. The molecule has 5 heteroatoms. The summed E-state index contributed by atoms with van der Waals surface area (Å²) in [5.41, 5.74) is 3.21. The van der Waals surface area contributed by atoms with E-state index in [2.05, 4.69) is 10.1 Å². The summed E-state index contributed by atoms with van der Waals surface area (Å²) in [4.78, 5) is 0. The van der Waals surface area contributed by atoms with Crippen LogP contribution in [0.5, 0.6) is 5.75 Å². The highest BCUT2D eigenvalue weighted by molar-refractivity contribution is 6.30. The number of aryl methyl sites for hydroxylation is 1. The zero-order valence-corrected chi connectivity index (χ0v) is 11.9. The fraction of sp³-hybridized carbons (Fsp3) is 0.250. The van der Waals surface area contributed by atoms with Crippen molar-refractivity contribution in [1.82, 2.24) is 0 Å². The van der Waals surface area contributed by atoms with Crippen LogP contribution in [-0.4, -0.2) is 6.61 Å². The number of rotatable bonds is 4. The minimum absolute atomic E-state index is 0.157. The van der Waals surface area contributed by atoms with Crippen molar-refractivity contribution in [1.29, 1.82) is 0 Å². The summed E-state index contributed by atoms with van der Waals surface area (Å²) in [5.74, 6) is 0.157. The number of halogens is 3. The number of fused-ring (bicyclic) bond motifs is 1. The summed E-state index contributed by atoms with van der Waals surface area (Å²) in [7, 11) is 0. The Hall–Kier alpha value is -1.81. The molecular formula is C16H14ClF2NO. The zero-order chi connectivity index (χ0) is 14.8. The molecule has 0 radical (unpaired) electrons.